The van der Waals surface area contributed by atoms with E-state index in [1.54, 1.807) is 6.33 Å². The fourth-order valence-corrected chi connectivity index (χ4v) is 3.53. The van der Waals surface area contributed by atoms with Crippen LogP contribution < -0.4 is 5.43 Å². The van der Waals surface area contributed by atoms with Crippen LogP contribution in [0.5, 0.6) is 0 Å². The second-order valence-corrected chi connectivity index (χ2v) is 5.79. The predicted octanol–water partition coefficient (Wildman–Crippen LogP) is 1.04. The van der Waals surface area contributed by atoms with E-state index < -0.39 is 0 Å². The number of aliphatic hydroxyl groups is 1. The van der Waals surface area contributed by atoms with Gasteiger partial charge >= 0.3 is 0 Å². The van der Waals surface area contributed by atoms with Gasteiger partial charge in [0.05, 0.1) is 0 Å². The number of halogens is 1. The maximum Gasteiger partial charge on any atom is 0.183 e. The Labute approximate surface area is 114 Å². The van der Waals surface area contributed by atoms with Crippen LogP contribution in [0.2, 0.25) is 5.15 Å². The van der Waals surface area contributed by atoms with Gasteiger partial charge in [0, 0.05) is 12.6 Å². The first-order valence-electron chi connectivity index (χ1n) is 6.49. The molecule has 19 heavy (non-hydrogen) atoms. The van der Waals surface area contributed by atoms with E-state index in [9.17, 15) is 5.11 Å². The fourth-order valence-electron chi connectivity index (χ4n) is 3.35. The molecule has 2 aliphatic rings. The van der Waals surface area contributed by atoms with E-state index in [1.807, 2.05) is 4.68 Å². The first kappa shape index (κ1) is 11.4. The summed E-state index contributed by atoms with van der Waals surface area (Å²) in [6.07, 6.45) is 5.35. The average Bonchev–Trinajstić information content (AvgIpc) is 2.99. The Kier molecular flexibility index (Phi) is 2.43. The third-order valence-electron chi connectivity index (χ3n) is 4.40. The Hall–Kier alpha value is -1.40. The largest absolute Gasteiger partial charge is 0.396 e. The molecular weight excluding hydrogens is 266 g/mol. The molecule has 2 N–H and O–H groups in total. The van der Waals surface area contributed by atoms with Crippen LogP contribution in [0.1, 0.15) is 12.8 Å². The summed E-state index contributed by atoms with van der Waals surface area (Å²) in [5.74, 6) is 1.80. The molecule has 2 aromatic heterocycles. The van der Waals surface area contributed by atoms with Crippen LogP contribution in [0.25, 0.3) is 11.2 Å². The van der Waals surface area contributed by atoms with Crippen molar-refractivity contribution in [1.29, 1.82) is 0 Å². The monoisotopic (exact) mass is 279 g/mol. The summed E-state index contributed by atoms with van der Waals surface area (Å²) in [6.45, 7) is 0.290. The smallest absolute Gasteiger partial charge is 0.183 e. The number of aromatic nitrogens is 4. The molecule has 4 atom stereocenters. The van der Waals surface area contributed by atoms with Crippen LogP contribution in [0.4, 0.5) is 0 Å². The Morgan fingerprint density at radius 3 is 3.00 bits per heavy atom. The number of rotatable bonds is 3. The number of hydrogen-bond donors (Lipinski definition) is 2. The van der Waals surface area contributed by atoms with Gasteiger partial charge in [-0.1, -0.05) is 11.6 Å². The zero-order valence-electron chi connectivity index (χ0n) is 10.2. The van der Waals surface area contributed by atoms with Gasteiger partial charge < -0.3 is 10.5 Å². The van der Waals surface area contributed by atoms with Crippen molar-refractivity contribution in [2.45, 2.75) is 18.9 Å². The second-order valence-electron chi connectivity index (χ2n) is 5.43. The minimum absolute atomic E-state index is 0.290. The van der Waals surface area contributed by atoms with Crippen molar-refractivity contribution in [2.24, 2.45) is 17.8 Å². The zero-order chi connectivity index (χ0) is 13.0. The molecule has 6 nitrogen and oxygen atoms in total. The van der Waals surface area contributed by atoms with Crippen LogP contribution in [-0.2, 0) is 0 Å². The Morgan fingerprint density at radius 1 is 1.32 bits per heavy atom. The number of hydrogen-bond acceptors (Lipinski definition) is 5. The van der Waals surface area contributed by atoms with Crippen molar-refractivity contribution in [3.8, 4) is 0 Å². The van der Waals surface area contributed by atoms with E-state index in [0.717, 1.165) is 6.42 Å². The van der Waals surface area contributed by atoms with E-state index in [0.29, 0.717) is 40.1 Å². The summed E-state index contributed by atoms with van der Waals surface area (Å²) in [7, 11) is 0. The van der Waals surface area contributed by atoms with Crippen molar-refractivity contribution < 1.29 is 5.11 Å². The third-order valence-corrected chi connectivity index (χ3v) is 4.67. The Bertz CT molecular complexity index is 630. The van der Waals surface area contributed by atoms with Crippen LogP contribution in [0.15, 0.2) is 12.7 Å². The van der Waals surface area contributed by atoms with E-state index in [2.05, 4.69) is 20.4 Å². The Morgan fingerprint density at radius 2 is 2.21 bits per heavy atom. The van der Waals surface area contributed by atoms with Crippen molar-refractivity contribution >= 4 is 22.8 Å². The van der Waals surface area contributed by atoms with E-state index in [1.165, 1.54) is 12.7 Å². The summed E-state index contributed by atoms with van der Waals surface area (Å²) in [5, 5.41) is 9.70. The highest BCUT2D eigenvalue weighted by atomic mass is 35.5. The summed E-state index contributed by atoms with van der Waals surface area (Å²) in [6, 6.07) is 0.383. The molecule has 2 heterocycles. The van der Waals surface area contributed by atoms with Crippen LogP contribution in [0, 0.1) is 17.8 Å². The van der Waals surface area contributed by atoms with Gasteiger partial charge in [0.2, 0.25) is 0 Å². The quantitative estimate of drug-likeness (QED) is 0.821. The zero-order valence-corrected chi connectivity index (χ0v) is 11.0. The van der Waals surface area contributed by atoms with E-state index >= 15 is 0 Å². The van der Waals surface area contributed by atoms with Crippen molar-refractivity contribution in [3.05, 3.63) is 17.8 Å². The van der Waals surface area contributed by atoms with Gasteiger partial charge in [-0.25, -0.2) is 19.6 Å². The molecule has 0 unspecified atom stereocenters. The molecule has 2 saturated carbocycles. The van der Waals surface area contributed by atoms with Crippen LogP contribution in [-0.4, -0.2) is 37.4 Å². The molecule has 2 aliphatic carbocycles. The number of nitrogens with zero attached hydrogens (tertiary/aromatic N) is 4. The average molecular weight is 280 g/mol. The molecule has 100 valence electrons. The minimum Gasteiger partial charge on any atom is -0.396 e. The standard InChI is InChI=1S/C12H14ClN5O/c13-11-10-12(15-4-14-11)18(5-16-10)17-9-1-6(3-19)7-2-8(7)9/h4-9,17,19H,1-3H2/t6-,7-,8-,9-/m1/s1. The second kappa shape index (κ2) is 4.05. The van der Waals surface area contributed by atoms with Crippen molar-refractivity contribution in [2.75, 3.05) is 12.0 Å². The molecule has 2 aromatic rings. The molecule has 4 rings (SSSR count). The number of aliphatic hydroxyl groups excluding tert-OH is 1. The molecule has 0 saturated heterocycles. The van der Waals surface area contributed by atoms with Gasteiger partial charge in [-0.05, 0) is 30.6 Å². The molecule has 7 heteroatoms. The van der Waals surface area contributed by atoms with E-state index in [4.69, 9.17) is 11.6 Å². The maximum absolute atomic E-state index is 9.33. The molecule has 0 aromatic carbocycles. The molecule has 0 aliphatic heterocycles. The van der Waals surface area contributed by atoms with Gasteiger partial charge in [0.1, 0.15) is 18.2 Å². The predicted molar refractivity (Wildman–Crippen MR) is 70.3 cm³/mol. The summed E-state index contributed by atoms with van der Waals surface area (Å²) >= 11 is 5.98. The summed E-state index contributed by atoms with van der Waals surface area (Å²) < 4.78 is 1.82. The normalized spacial score (nSPS) is 32.5. The molecular formula is C12H14ClN5O. The molecule has 0 amide bonds. The van der Waals surface area contributed by atoms with Gasteiger partial charge in [-0.2, -0.15) is 0 Å². The molecule has 2 fully saturated rings. The minimum atomic E-state index is 0.290. The maximum atomic E-state index is 9.33. The first-order chi connectivity index (χ1) is 9.28. The number of fused-ring (bicyclic) bond motifs is 2. The highest BCUT2D eigenvalue weighted by Gasteiger charge is 2.54. The lowest BCUT2D eigenvalue weighted by Crippen LogP contribution is -2.28. The highest BCUT2D eigenvalue weighted by Crippen LogP contribution is 2.55. The molecule has 0 bridgehead atoms. The lowest BCUT2D eigenvalue weighted by atomic mass is 10.0. The SMILES string of the molecule is OC[C@H]1C[C@@H](Nn2cnc3c(Cl)ncnc32)[C@@H]2C[C@H]12. The van der Waals surface area contributed by atoms with Crippen LogP contribution >= 0.6 is 11.6 Å². The number of nitrogens with one attached hydrogen (secondary N) is 1. The van der Waals surface area contributed by atoms with Crippen LogP contribution in [0.3, 0.4) is 0 Å². The van der Waals surface area contributed by atoms with Crippen molar-refractivity contribution in [3.63, 3.8) is 0 Å². The van der Waals surface area contributed by atoms with Gasteiger partial charge in [-0.3, -0.25) is 0 Å². The number of imidazole rings is 1. The van der Waals surface area contributed by atoms with Gasteiger partial charge in [0.15, 0.2) is 10.8 Å². The highest BCUT2D eigenvalue weighted by molar-refractivity contribution is 6.33. The molecule has 0 radical (unpaired) electrons. The topological polar surface area (TPSA) is 75.9 Å². The fraction of sp³-hybridized carbons (Fsp3) is 0.583. The van der Waals surface area contributed by atoms with E-state index in [-0.39, 0.29) is 6.61 Å². The molecule has 0 spiro atoms. The lowest BCUT2D eigenvalue weighted by molar-refractivity contribution is 0.213. The van der Waals surface area contributed by atoms with Crippen molar-refractivity contribution in [1.82, 2.24) is 19.6 Å². The lowest BCUT2D eigenvalue weighted by Gasteiger charge is -2.18. The summed E-state index contributed by atoms with van der Waals surface area (Å²) in [4.78, 5) is 12.4. The van der Waals surface area contributed by atoms with Gasteiger partial charge in [0.25, 0.3) is 0 Å². The Balaban J connectivity index is 1.61. The first-order valence-corrected chi connectivity index (χ1v) is 6.86. The summed E-state index contributed by atoms with van der Waals surface area (Å²) in [5.41, 5.74) is 4.75. The van der Waals surface area contributed by atoms with Gasteiger partial charge in [-0.15, -0.1) is 0 Å². The third kappa shape index (κ3) is 1.70.